The van der Waals surface area contributed by atoms with E-state index in [1.165, 1.54) is 0 Å². The Morgan fingerprint density at radius 3 is 2.77 bits per heavy atom. The number of nitrogen functional groups attached to an aromatic ring is 1. The van der Waals surface area contributed by atoms with Crippen LogP contribution >= 0.6 is 0 Å². The SMILES string of the molecule is CC=CNC(=O)c1ccccc1N. The Morgan fingerprint density at radius 1 is 1.46 bits per heavy atom. The summed E-state index contributed by atoms with van der Waals surface area (Å²) >= 11 is 0. The van der Waals surface area contributed by atoms with Gasteiger partial charge in [0.1, 0.15) is 0 Å². The Kier molecular flexibility index (Phi) is 3.09. The molecule has 3 nitrogen and oxygen atoms in total. The largest absolute Gasteiger partial charge is 0.398 e. The second kappa shape index (κ2) is 4.30. The zero-order chi connectivity index (χ0) is 9.68. The van der Waals surface area contributed by atoms with Crippen molar-refractivity contribution in [1.29, 1.82) is 0 Å². The van der Waals surface area contributed by atoms with E-state index in [-0.39, 0.29) is 5.91 Å². The van der Waals surface area contributed by atoms with E-state index in [1.807, 2.05) is 6.92 Å². The Balaban J connectivity index is 2.83. The third kappa shape index (κ3) is 2.33. The number of nitrogens with two attached hydrogens (primary N) is 1. The summed E-state index contributed by atoms with van der Waals surface area (Å²) in [5, 5.41) is 2.59. The van der Waals surface area contributed by atoms with Crippen molar-refractivity contribution in [3.05, 3.63) is 42.1 Å². The van der Waals surface area contributed by atoms with E-state index in [2.05, 4.69) is 5.32 Å². The number of para-hydroxylation sites is 1. The fourth-order valence-electron chi connectivity index (χ4n) is 0.941. The van der Waals surface area contributed by atoms with Crippen LogP contribution in [-0.2, 0) is 0 Å². The maximum Gasteiger partial charge on any atom is 0.257 e. The molecular formula is C10H12N2O. The molecule has 1 aromatic rings. The molecule has 0 aliphatic rings. The van der Waals surface area contributed by atoms with Gasteiger partial charge in [0.25, 0.3) is 5.91 Å². The predicted molar refractivity (Wildman–Crippen MR) is 53.1 cm³/mol. The Labute approximate surface area is 77.3 Å². The van der Waals surface area contributed by atoms with Crippen molar-refractivity contribution >= 4 is 11.6 Å². The van der Waals surface area contributed by atoms with E-state index in [9.17, 15) is 4.79 Å². The second-order valence-corrected chi connectivity index (χ2v) is 2.56. The van der Waals surface area contributed by atoms with Gasteiger partial charge in [0.05, 0.1) is 5.56 Å². The highest BCUT2D eigenvalue weighted by Gasteiger charge is 2.05. The minimum Gasteiger partial charge on any atom is -0.398 e. The van der Waals surface area contributed by atoms with Crippen molar-refractivity contribution in [3.63, 3.8) is 0 Å². The van der Waals surface area contributed by atoms with Crippen molar-refractivity contribution in [2.75, 3.05) is 5.73 Å². The number of carbonyl (C=O) groups is 1. The molecule has 1 aromatic carbocycles. The summed E-state index contributed by atoms with van der Waals surface area (Å²) in [6.07, 6.45) is 3.33. The summed E-state index contributed by atoms with van der Waals surface area (Å²) in [7, 11) is 0. The van der Waals surface area contributed by atoms with Crippen LogP contribution < -0.4 is 11.1 Å². The molecule has 0 heterocycles. The molecular weight excluding hydrogens is 164 g/mol. The van der Waals surface area contributed by atoms with Gasteiger partial charge in [0.2, 0.25) is 0 Å². The molecule has 0 saturated carbocycles. The predicted octanol–water partition coefficient (Wildman–Crippen LogP) is 1.53. The fourth-order valence-corrected chi connectivity index (χ4v) is 0.941. The zero-order valence-corrected chi connectivity index (χ0v) is 7.45. The molecule has 0 aliphatic carbocycles. The molecule has 0 bridgehead atoms. The molecule has 3 heteroatoms. The van der Waals surface area contributed by atoms with E-state index in [0.29, 0.717) is 11.3 Å². The van der Waals surface area contributed by atoms with E-state index in [4.69, 9.17) is 5.73 Å². The summed E-state index contributed by atoms with van der Waals surface area (Å²) < 4.78 is 0. The first-order chi connectivity index (χ1) is 6.25. The van der Waals surface area contributed by atoms with Crippen molar-refractivity contribution < 1.29 is 4.79 Å². The number of amides is 1. The summed E-state index contributed by atoms with van der Waals surface area (Å²) in [6.45, 7) is 1.83. The highest BCUT2D eigenvalue weighted by atomic mass is 16.1. The number of hydrogen-bond donors (Lipinski definition) is 2. The molecule has 1 amide bonds. The molecule has 13 heavy (non-hydrogen) atoms. The smallest absolute Gasteiger partial charge is 0.257 e. The summed E-state index contributed by atoms with van der Waals surface area (Å²) in [5.74, 6) is -0.184. The van der Waals surface area contributed by atoms with E-state index >= 15 is 0 Å². The van der Waals surface area contributed by atoms with Crippen LogP contribution in [0.2, 0.25) is 0 Å². The van der Waals surface area contributed by atoms with Crippen LogP contribution in [0.1, 0.15) is 17.3 Å². The second-order valence-electron chi connectivity index (χ2n) is 2.56. The van der Waals surface area contributed by atoms with Gasteiger partial charge in [-0.2, -0.15) is 0 Å². The van der Waals surface area contributed by atoms with Crippen molar-refractivity contribution in [2.45, 2.75) is 6.92 Å². The number of allylic oxidation sites excluding steroid dienone is 1. The first-order valence-corrected chi connectivity index (χ1v) is 4.02. The fraction of sp³-hybridized carbons (Fsp3) is 0.100. The topological polar surface area (TPSA) is 55.1 Å². The van der Waals surface area contributed by atoms with Gasteiger partial charge in [0.15, 0.2) is 0 Å². The van der Waals surface area contributed by atoms with Gasteiger partial charge >= 0.3 is 0 Å². The maximum absolute atomic E-state index is 11.4. The number of anilines is 1. The van der Waals surface area contributed by atoms with Gasteiger partial charge in [-0.25, -0.2) is 0 Å². The number of benzene rings is 1. The summed E-state index contributed by atoms with van der Waals surface area (Å²) in [4.78, 5) is 11.4. The van der Waals surface area contributed by atoms with Gasteiger partial charge in [-0.15, -0.1) is 0 Å². The van der Waals surface area contributed by atoms with Crippen LogP contribution in [0.15, 0.2) is 36.5 Å². The van der Waals surface area contributed by atoms with E-state index in [1.54, 1.807) is 36.5 Å². The molecule has 0 radical (unpaired) electrons. The number of carbonyl (C=O) groups excluding carboxylic acids is 1. The molecule has 0 fully saturated rings. The lowest BCUT2D eigenvalue weighted by Gasteiger charge is -2.02. The average molecular weight is 176 g/mol. The Bertz CT molecular complexity index is 331. The lowest BCUT2D eigenvalue weighted by atomic mass is 10.2. The third-order valence-electron chi connectivity index (χ3n) is 1.59. The lowest BCUT2D eigenvalue weighted by molar-refractivity contribution is 0.0971. The molecule has 3 N–H and O–H groups in total. The number of hydrogen-bond acceptors (Lipinski definition) is 2. The first kappa shape index (κ1) is 9.32. The maximum atomic E-state index is 11.4. The van der Waals surface area contributed by atoms with Gasteiger partial charge in [-0.3, -0.25) is 4.79 Å². The Morgan fingerprint density at radius 2 is 2.15 bits per heavy atom. The highest BCUT2D eigenvalue weighted by Crippen LogP contribution is 2.09. The molecule has 1 rings (SSSR count). The number of nitrogens with one attached hydrogen (secondary N) is 1. The first-order valence-electron chi connectivity index (χ1n) is 4.02. The van der Waals surface area contributed by atoms with E-state index < -0.39 is 0 Å². The van der Waals surface area contributed by atoms with Crippen LogP contribution in [0, 0.1) is 0 Å². The molecule has 0 aliphatic heterocycles. The van der Waals surface area contributed by atoms with Crippen LogP contribution in [0.25, 0.3) is 0 Å². The van der Waals surface area contributed by atoms with Gasteiger partial charge in [-0.05, 0) is 25.3 Å². The van der Waals surface area contributed by atoms with Crippen LogP contribution in [0.3, 0.4) is 0 Å². The third-order valence-corrected chi connectivity index (χ3v) is 1.59. The van der Waals surface area contributed by atoms with E-state index in [0.717, 1.165) is 0 Å². The molecule has 0 spiro atoms. The minimum absolute atomic E-state index is 0.184. The molecule has 0 aromatic heterocycles. The standard InChI is InChI=1S/C10H12N2O/c1-2-7-12-10(13)8-5-3-4-6-9(8)11/h2-7H,11H2,1H3,(H,12,13). The molecule has 0 saturated heterocycles. The van der Waals surface area contributed by atoms with Gasteiger partial charge < -0.3 is 11.1 Å². The van der Waals surface area contributed by atoms with Gasteiger partial charge in [0, 0.05) is 5.69 Å². The molecule has 0 atom stereocenters. The van der Waals surface area contributed by atoms with Crippen LogP contribution in [-0.4, -0.2) is 5.91 Å². The highest BCUT2D eigenvalue weighted by molar-refractivity contribution is 5.99. The van der Waals surface area contributed by atoms with Crippen LogP contribution in [0.4, 0.5) is 5.69 Å². The van der Waals surface area contributed by atoms with Crippen molar-refractivity contribution in [3.8, 4) is 0 Å². The summed E-state index contributed by atoms with van der Waals surface area (Å²) in [5.41, 5.74) is 6.60. The minimum atomic E-state index is -0.184. The molecule has 68 valence electrons. The summed E-state index contributed by atoms with van der Waals surface area (Å²) in [6, 6.07) is 6.96. The quantitative estimate of drug-likeness (QED) is 0.671. The van der Waals surface area contributed by atoms with Crippen molar-refractivity contribution in [1.82, 2.24) is 5.32 Å². The number of rotatable bonds is 2. The average Bonchev–Trinajstić information content (AvgIpc) is 2.15. The monoisotopic (exact) mass is 176 g/mol. The normalized spacial score (nSPS) is 10.2. The Hall–Kier alpha value is -1.77. The molecule has 0 unspecified atom stereocenters. The lowest BCUT2D eigenvalue weighted by Crippen LogP contribution is -2.18. The van der Waals surface area contributed by atoms with Crippen LogP contribution in [0.5, 0.6) is 0 Å². The zero-order valence-electron chi connectivity index (χ0n) is 7.45. The van der Waals surface area contributed by atoms with Crippen molar-refractivity contribution in [2.24, 2.45) is 0 Å². The van der Waals surface area contributed by atoms with Gasteiger partial charge in [-0.1, -0.05) is 18.2 Å².